The zero-order chi connectivity index (χ0) is 16.3. The van der Waals surface area contributed by atoms with Crippen LogP contribution in [0.4, 0.5) is 14.5 Å². The van der Waals surface area contributed by atoms with E-state index < -0.39 is 33.1 Å². The summed E-state index contributed by atoms with van der Waals surface area (Å²) < 4.78 is 56.1. The number of hydrogen-bond donors (Lipinski definition) is 1. The second-order valence-electron chi connectivity index (χ2n) is 3.93. The molecule has 1 N–H and O–H groups in total. The van der Waals surface area contributed by atoms with Crippen LogP contribution in [0.5, 0.6) is 0 Å². The zero-order valence-electron chi connectivity index (χ0n) is 11.1. The van der Waals surface area contributed by atoms with Crippen molar-refractivity contribution in [2.24, 2.45) is 0 Å². The Morgan fingerprint density at radius 3 is 2.77 bits per heavy atom. The molecular weight excluding hydrogens is 322 g/mol. The molecule has 0 atom stereocenters. The number of halogens is 2. The SMILES string of the molecule is COC(=O)c1ncccc1S(=O)(=O)Nc1cnn(C(F)F)c1. The Bertz CT molecular complexity index is 791. The first kappa shape index (κ1) is 15.8. The Morgan fingerprint density at radius 1 is 1.45 bits per heavy atom. The molecule has 0 aromatic carbocycles. The standard InChI is InChI=1S/C11H10F2N4O4S/c1-21-10(18)9-8(3-2-4-14-9)22(19,20)16-7-5-15-17(6-7)11(12)13/h2-6,11,16H,1H3. The maximum Gasteiger partial charge on any atom is 0.358 e. The molecule has 11 heteroatoms. The van der Waals surface area contributed by atoms with Crippen molar-refractivity contribution >= 4 is 21.7 Å². The molecule has 0 amide bonds. The molecule has 118 valence electrons. The Labute approximate surface area is 123 Å². The highest BCUT2D eigenvalue weighted by atomic mass is 32.2. The molecule has 0 unspecified atom stereocenters. The number of hydrogen-bond acceptors (Lipinski definition) is 6. The molecule has 0 radical (unpaired) electrons. The highest BCUT2D eigenvalue weighted by Gasteiger charge is 2.25. The van der Waals surface area contributed by atoms with Crippen molar-refractivity contribution in [2.45, 2.75) is 11.4 Å². The number of sulfonamides is 1. The van der Waals surface area contributed by atoms with E-state index >= 15 is 0 Å². The summed E-state index contributed by atoms with van der Waals surface area (Å²) in [6, 6.07) is 2.45. The van der Waals surface area contributed by atoms with Gasteiger partial charge in [0.2, 0.25) is 0 Å². The normalized spacial score (nSPS) is 11.5. The summed E-state index contributed by atoms with van der Waals surface area (Å²) in [6.07, 6.45) is 2.95. The number of ether oxygens (including phenoxy) is 1. The van der Waals surface area contributed by atoms with Gasteiger partial charge in [0.15, 0.2) is 5.69 Å². The van der Waals surface area contributed by atoms with Crippen LogP contribution in [0.25, 0.3) is 0 Å². The van der Waals surface area contributed by atoms with Crippen molar-refractivity contribution in [3.63, 3.8) is 0 Å². The number of esters is 1. The van der Waals surface area contributed by atoms with Gasteiger partial charge < -0.3 is 4.74 Å². The Balaban J connectivity index is 2.36. The number of alkyl halides is 2. The van der Waals surface area contributed by atoms with Crippen LogP contribution in [0.3, 0.4) is 0 Å². The molecule has 0 aliphatic heterocycles. The minimum absolute atomic E-state index is 0.181. The lowest BCUT2D eigenvalue weighted by Gasteiger charge is -2.08. The Hall–Kier alpha value is -2.56. The minimum atomic E-state index is -4.22. The molecule has 2 rings (SSSR count). The molecule has 0 aliphatic rings. The maximum absolute atomic E-state index is 12.4. The van der Waals surface area contributed by atoms with Gasteiger partial charge in [0.05, 0.1) is 25.2 Å². The molecule has 0 fully saturated rings. The number of rotatable bonds is 5. The van der Waals surface area contributed by atoms with E-state index in [0.717, 1.165) is 25.6 Å². The number of nitrogens with zero attached hydrogens (tertiary/aromatic N) is 3. The van der Waals surface area contributed by atoms with E-state index in [9.17, 15) is 22.0 Å². The van der Waals surface area contributed by atoms with Crippen LogP contribution in [0.1, 0.15) is 17.0 Å². The number of carbonyl (C=O) groups excluding carboxylic acids is 1. The van der Waals surface area contributed by atoms with E-state index in [0.29, 0.717) is 0 Å². The summed E-state index contributed by atoms with van der Waals surface area (Å²) in [5.41, 5.74) is -0.598. The molecule has 0 saturated carbocycles. The molecule has 0 aliphatic carbocycles. The smallest absolute Gasteiger partial charge is 0.358 e. The number of anilines is 1. The van der Waals surface area contributed by atoms with Gasteiger partial charge in [-0.2, -0.15) is 13.9 Å². The second-order valence-corrected chi connectivity index (χ2v) is 5.58. The first-order valence-electron chi connectivity index (χ1n) is 5.73. The first-order valence-corrected chi connectivity index (χ1v) is 7.22. The fourth-order valence-electron chi connectivity index (χ4n) is 1.56. The van der Waals surface area contributed by atoms with Crippen molar-refractivity contribution in [1.82, 2.24) is 14.8 Å². The van der Waals surface area contributed by atoms with Gasteiger partial charge in [0.25, 0.3) is 10.0 Å². The largest absolute Gasteiger partial charge is 0.464 e. The van der Waals surface area contributed by atoms with Crippen molar-refractivity contribution in [1.29, 1.82) is 0 Å². The molecule has 22 heavy (non-hydrogen) atoms. The van der Waals surface area contributed by atoms with Crippen LogP contribution in [0, 0.1) is 0 Å². The number of aromatic nitrogens is 3. The number of nitrogens with one attached hydrogen (secondary N) is 1. The van der Waals surface area contributed by atoms with Crippen LogP contribution >= 0.6 is 0 Å². The monoisotopic (exact) mass is 332 g/mol. The van der Waals surface area contributed by atoms with Gasteiger partial charge in [-0.15, -0.1) is 0 Å². The number of pyridine rings is 1. The third-order valence-electron chi connectivity index (χ3n) is 2.49. The van der Waals surface area contributed by atoms with Gasteiger partial charge in [-0.05, 0) is 12.1 Å². The Kier molecular flexibility index (Phi) is 4.35. The van der Waals surface area contributed by atoms with E-state index in [-0.39, 0.29) is 10.4 Å². The molecule has 0 spiro atoms. The quantitative estimate of drug-likeness (QED) is 0.827. The zero-order valence-corrected chi connectivity index (χ0v) is 11.9. The average Bonchev–Trinajstić information content (AvgIpc) is 2.94. The van der Waals surface area contributed by atoms with Gasteiger partial charge >= 0.3 is 12.5 Å². The molecule has 0 bridgehead atoms. The van der Waals surface area contributed by atoms with Gasteiger partial charge in [0.1, 0.15) is 4.90 Å². The number of carbonyl (C=O) groups is 1. The summed E-state index contributed by atoms with van der Waals surface area (Å²) in [7, 11) is -3.15. The Morgan fingerprint density at radius 2 is 2.18 bits per heavy atom. The van der Waals surface area contributed by atoms with E-state index in [4.69, 9.17) is 0 Å². The van der Waals surface area contributed by atoms with E-state index in [1.165, 1.54) is 12.3 Å². The van der Waals surface area contributed by atoms with Crippen LogP contribution in [-0.2, 0) is 14.8 Å². The van der Waals surface area contributed by atoms with Gasteiger partial charge in [-0.25, -0.2) is 22.9 Å². The molecule has 2 aromatic heterocycles. The summed E-state index contributed by atoms with van der Waals surface area (Å²) in [4.78, 5) is 14.8. The summed E-state index contributed by atoms with van der Waals surface area (Å²) in [5, 5.41) is 3.30. The van der Waals surface area contributed by atoms with Crippen LogP contribution in [-0.4, -0.2) is 36.3 Å². The van der Waals surface area contributed by atoms with E-state index in [1.54, 1.807) is 0 Å². The van der Waals surface area contributed by atoms with Crippen molar-refractivity contribution in [2.75, 3.05) is 11.8 Å². The summed E-state index contributed by atoms with van der Waals surface area (Å²) in [5.74, 6) is -0.941. The topological polar surface area (TPSA) is 103 Å². The van der Waals surface area contributed by atoms with E-state index in [2.05, 4.69) is 14.8 Å². The predicted octanol–water partition coefficient (Wildman–Crippen LogP) is 1.26. The third-order valence-corrected chi connectivity index (χ3v) is 3.91. The van der Waals surface area contributed by atoms with Gasteiger partial charge in [0, 0.05) is 6.20 Å². The van der Waals surface area contributed by atoms with Gasteiger partial charge in [-0.1, -0.05) is 0 Å². The molecule has 8 nitrogen and oxygen atoms in total. The second kappa shape index (κ2) is 6.05. The van der Waals surface area contributed by atoms with Crippen molar-refractivity contribution < 1.29 is 26.7 Å². The first-order chi connectivity index (χ1) is 10.3. The van der Waals surface area contributed by atoms with Crippen LogP contribution < -0.4 is 4.72 Å². The predicted molar refractivity (Wildman–Crippen MR) is 69.9 cm³/mol. The lowest BCUT2D eigenvalue weighted by Crippen LogP contribution is -2.18. The fourth-order valence-corrected chi connectivity index (χ4v) is 2.74. The van der Waals surface area contributed by atoms with E-state index in [1.807, 2.05) is 4.72 Å². The van der Waals surface area contributed by atoms with Crippen molar-refractivity contribution in [3.05, 3.63) is 36.4 Å². The lowest BCUT2D eigenvalue weighted by molar-refractivity contribution is 0.0565. The molecule has 2 heterocycles. The van der Waals surface area contributed by atoms with Crippen LogP contribution in [0.2, 0.25) is 0 Å². The highest BCUT2D eigenvalue weighted by molar-refractivity contribution is 7.92. The number of methoxy groups -OCH3 is 1. The summed E-state index contributed by atoms with van der Waals surface area (Å²) in [6.45, 7) is -2.90. The third kappa shape index (κ3) is 3.19. The lowest BCUT2D eigenvalue weighted by atomic mass is 10.3. The minimum Gasteiger partial charge on any atom is -0.464 e. The van der Waals surface area contributed by atoms with Crippen molar-refractivity contribution in [3.8, 4) is 0 Å². The summed E-state index contributed by atoms with van der Waals surface area (Å²) >= 11 is 0. The molecule has 0 saturated heterocycles. The highest BCUT2D eigenvalue weighted by Crippen LogP contribution is 2.20. The van der Waals surface area contributed by atoms with Gasteiger partial charge in [-0.3, -0.25) is 4.72 Å². The van der Waals surface area contributed by atoms with Crippen LogP contribution in [0.15, 0.2) is 35.6 Å². The average molecular weight is 332 g/mol. The maximum atomic E-state index is 12.4. The fraction of sp³-hybridized carbons (Fsp3) is 0.182. The molecule has 2 aromatic rings. The molecular formula is C11H10F2N4O4S.